The van der Waals surface area contributed by atoms with Crippen LogP contribution >= 0.6 is 0 Å². The van der Waals surface area contributed by atoms with Crippen molar-refractivity contribution < 1.29 is 9.59 Å². The Bertz CT molecular complexity index is 708. The minimum absolute atomic E-state index is 0.0421. The number of amides is 2. The lowest BCUT2D eigenvalue weighted by Crippen LogP contribution is -2.46. The third kappa shape index (κ3) is 7.45. The van der Waals surface area contributed by atoms with Gasteiger partial charge in [0.25, 0.3) is 5.91 Å². The molecular formula is C25H39N3O2. The van der Waals surface area contributed by atoms with Gasteiger partial charge in [-0.15, -0.1) is 0 Å². The Morgan fingerprint density at radius 1 is 1.10 bits per heavy atom. The van der Waals surface area contributed by atoms with E-state index in [0.29, 0.717) is 25.2 Å². The molecule has 0 bridgehead atoms. The van der Waals surface area contributed by atoms with E-state index in [4.69, 9.17) is 5.73 Å². The van der Waals surface area contributed by atoms with Crippen LogP contribution in [0.4, 0.5) is 0 Å². The Morgan fingerprint density at radius 2 is 1.77 bits per heavy atom. The van der Waals surface area contributed by atoms with Gasteiger partial charge in [-0.25, -0.2) is 0 Å². The van der Waals surface area contributed by atoms with Crippen LogP contribution in [0, 0.1) is 0 Å². The highest BCUT2D eigenvalue weighted by Gasteiger charge is 2.34. The highest BCUT2D eigenvalue weighted by molar-refractivity contribution is 5.98. The molecule has 1 atom stereocenters. The molecule has 3 N–H and O–H groups in total. The van der Waals surface area contributed by atoms with Crippen molar-refractivity contribution in [2.75, 3.05) is 19.6 Å². The quantitative estimate of drug-likeness (QED) is 0.461. The first-order valence-electron chi connectivity index (χ1n) is 11.3. The number of carbonyl (C=O) groups excluding carboxylic acids is 2. The summed E-state index contributed by atoms with van der Waals surface area (Å²) in [5, 5.41) is 2.98. The van der Waals surface area contributed by atoms with Crippen molar-refractivity contribution in [2.24, 2.45) is 5.73 Å². The number of likely N-dealkylation sites (tertiary alicyclic amines) is 1. The summed E-state index contributed by atoms with van der Waals surface area (Å²) in [4.78, 5) is 27.2. The zero-order valence-corrected chi connectivity index (χ0v) is 19.1. The smallest absolute Gasteiger partial charge is 0.254 e. The summed E-state index contributed by atoms with van der Waals surface area (Å²) in [6.45, 7) is 9.94. The van der Waals surface area contributed by atoms with E-state index in [2.05, 4.69) is 5.32 Å². The normalized spacial score (nSPS) is 16.4. The van der Waals surface area contributed by atoms with Crippen LogP contribution in [0.25, 0.3) is 5.57 Å². The number of benzene rings is 1. The van der Waals surface area contributed by atoms with E-state index in [0.717, 1.165) is 43.2 Å². The molecule has 5 heteroatoms. The fraction of sp³-hybridized carbons (Fsp3) is 0.520. The monoisotopic (exact) mass is 413 g/mol. The van der Waals surface area contributed by atoms with Gasteiger partial charge in [0.2, 0.25) is 5.91 Å². The Kier molecular flexibility index (Phi) is 12.4. The van der Waals surface area contributed by atoms with Crippen LogP contribution in [-0.2, 0) is 4.79 Å². The molecule has 2 amide bonds. The van der Waals surface area contributed by atoms with Gasteiger partial charge in [-0.3, -0.25) is 9.59 Å². The number of hydrogen-bond donors (Lipinski definition) is 2. The molecule has 30 heavy (non-hydrogen) atoms. The number of allylic oxidation sites excluding steroid dienone is 4. The zero-order chi connectivity index (χ0) is 22.4. The predicted octanol–water partition coefficient (Wildman–Crippen LogP) is 4.54. The first kappa shape index (κ1) is 25.6. The summed E-state index contributed by atoms with van der Waals surface area (Å²) >= 11 is 0. The molecule has 0 aliphatic carbocycles. The summed E-state index contributed by atoms with van der Waals surface area (Å²) in [7, 11) is 0. The lowest BCUT2D eigenvalue weighted by Gasteiger charge is -2.24. The maximum Gasteiger partial charge on any atom is 0.254 e. The third-order valence-corrected chi connectivity index (χ3v) is 5.12. The summed E-state index contributed by atoms with van der Waals surface area (Å²) in [5.41, 5.74) is 8.31. The molecule has 1 unspecified atom stereocenters. The number of nitrogens with one attached hydrogen (secondary N) is 1. The number of rotatable bonds is 9. The minimum Gasteiger partial charge on any atom is -0.354 e. The number of nitrogens with zero attached hydrogens (tertiary/aromatic N) is 1. The number of nitrogens with two attached hydrogens (primary N) is 1. The highest BCUT2D eigenvalue weighted by Crippen LogP contribution is 2.22. The van der Waals surface area contributed by atoms with Crippen molar-refractivity contribution in [3.05, 3.63) is 53.6 Å². The lowest BCUT2D eigenvalue weighted by molar-refractivity contribution is -0.124. The number of hydrogen-bond acceptors (Lipinski definition) is 3. The van der Waals surface area contributed by atoms with Gasteiger partial charge in [-0.2, -0.15) is 0 Å². The van der Waals surface area contributed by atoms with Crippen molar-refractivity contribution in [2.45, 2.75) is 65.8 Å². The van der Waals surface area contributed by atoms with E-state index in [-0.39, 0.29) is 17.9 Å². The van der Waals surface area contributed by atoms with E-state index < -0.39 is 0 Å². The zero-order valence-electron chi connectivity index (χ0n) is 19.1. The maximum atomic E-state index is 13.0. The second-order valence-electron chi connectivity index (χ2n) is 7.12. The maximum absolute atomic E-state index is 13.0. The van der Waals surface area contributed by atoms with E-state index in [1.54, 1.807) is 4.90 Å². The molecule has 1 aromatic rings. The first-order chi connectivity index (χ1) is 14.6. The molecule has 0 aromatic heterocycles. The molecule has 0 spiro atoms. The van der Waals surface area contributed by atoms with E-state index >= 15 is 0 Å². The van der Waals surface area contributed by atoms with Gasteiger partial charge in [0, 0.05) is 18.7 Å². The van der Waals surface area contributed by atoms with Crippen molar-refractivity contribution in [3.63, 3.8) is 0 Å². The standard InChI is InChI=1S/C23H33N3O2.C2H6/c1-3-9-18(4-2)19-11-13-20(14-12-19)23(28)26-17-8-10-21(26)22(27)25-16-7-5-6-15-24;1-2/h3-4,9,11-14,21H,5-8,10,15-17,24H2,1-2H3,(H,25,27);1-2H3/b9-3-,18-4+;. The molecule has 1 aliphatic heterocycles. The Labute approximate surface area is 182 Å². The van der Waals surface area contributed by atoms with Crippen molar-refractivity contribution in [1.29, 1.82) is 0 Å². The highest BCUT2D eigenvalue weighted by atomic mass is 16.2. The Morgan fingerprint density at radius 3 is 2.37 bits per heavy atom. The Hall–Kier alpha value is -2.40. The molecule has 0 radical (unpaired) electrons. The molecule has 166 valence electrons. The van der Waals surface area contributed by atoms with Crippen molar-refractivity contribution >= 4 is 17.4 Å². The van der Waals surface area contributed by atoms with E-state index in [9.17, 15) is 9.59 Å². The van der Waals surface area contributed by atoms with E-state index in [1.165, 1.54) is 0 Å². The van der Waals surface area contributed by atoms with Crippen LogP contribution in [0.3, 0.4) is 0 Å². The van der Waals surface area contributed by atoms with Gasteiger partial charge in [-0.05, 0) is 69.3 Å². The fourth-order valence-electron chi connectivity index (χ4n) is 3.57. The number of carbonyl (C=O) groups is 2. The number of unbranched alkanes of at least 4 members (excludes halogenated alkanes) is 2. The summed E-state index contributed by atoms with van der Waals surface area (Å²) in [6.07, 6.45) is 10.6. The average Bonchev–Trinajstić information content (AvgIpc) is 3.28. The van der Waals surface area contributed by atoms with Gasteiger partial charge >= 0.3 is 0 Å². The van der Waals surface area contributed by atoms with Gasteiger partial charge in [0.15, 0.2) is 0 Å². The molecular weight excluding hydrogens is 374 g/mol. The summed E-state index contributed by atoms with van der Waals surface area (Å²) in [6, 6.07) is 7.27. The molecule has 1 saturated heterocycles. The molecule has 1 aliphatic rings. The first-order valence-corrected chi connectivity index (χ1v) is 11.3. The fourth-order valence-corrected chi connectivity index (χ4v) is 3.57. The molecule has 0 saturated carbocycles. The van der Waals surface area contributed by atoms with Crippen LogP contribution in [0.5, 0.6) is 0 Å². The summed E-state index contributed by atoms with van der Waals surface area (Å²) in [5.74, 6) is -0.111. The van der Waals surface area contributed by atoms with Crippen molar-refractivity contribution in [3.8, 4) is 0 Å². The largest absolute Gasteiger partial charge is 0.354 e. The van der Waals surface area contributed by atoms with Crippen LogP contribution in [-0.4, -0.2) is 42.4 Å². The molecule has 1 aromatic carbocycles. The average molecular weight is 414 g/mol. The van der Waals surface area contributed by atoms with Gasteiger partial charge < -0.3 is 16.0 Å². The van der Waals surface area contributed by atoms with Gasteiger partial charge in [0.1, 0.15) is 6.04 Å². The Balaban J connectivity index is 0.00000218. The topological polar surface area (TPSA) is 75.4 Å². The molecule has 1 fully saturated rings. The summed E-state index contributed by atoms with van der Waals surface area (Å²) < 4.78 is 0. The lowest BCUT2D eigenvalue weighted by atomic mass is 10.0. The second-order valence-corrected chi connectivity index (χ2v) is 7.12. The molecule has 1 heterocycles. The third-order valence-electron chi connectivity index (χ3n) is 5.12. The van der Waals surface area contributed by atoms with Crippen LogP contribution in [0.2, 0.25) is 0 Å². The van der Waals surface area contributed by atoms with Gasteiger partial charge in [-0.1, -0.05) is 50.6 Å². The molecule has 2 rings (SSSR count). The predicted molar refractivity (Wildman–Crippen MR) is 126 cm³/mol. The second kappa shape index (κ2) is 14.6. The van der Waals surface area contributed by atoms with Crippen molar-refractivity contribution in [1.82, 2.24) is 10.2 Å². The minimum atomic E-state index is -0.365. The van der Waals surface area contributed by atoms with E-state index in [1.807, 2.05) is 70.2 Å². The van der Waals surface area contributed by atoms with Gasteiger partial charge in [0.05, 0.1) is 0 Å². The van der Waals surface area contributed by atoms with Crippen LogP contribution in [0.15, 0.2) is 42.5 Å². The van der Waals surface area contributed by atoms with Crippen LogP contribution in [0.1, 0.15) is 75.7 Å². The molecule has 5 nitrogen and oxygen atoms in total. The van der Waals surface area contributed by atoms with Crippen LogP contribution < -0.4 is 11.1 Å². The SMILES string of the molecule is C/C=C\C(=C/C)c1ccc(C(=O)N2CCCC2C(=O)NCCCCCN)cc1.CC.